The summed E-state index contributed by atoms with van der Waals surface area (Å²) in [6.45, 7) is 6.46. The van der Waals surface area contributed by atoms with Gasteiger partial charge in [-0.3, -0.25) is 0 Å². The Hall–Kier alpha value is -1.35. The molecule has 0 amide bonds. The highest BCUT2D eigenvalue weighted by molar-refractivity contribution is 6.31. The maximum absolute atomic E-state index is 10.9. The molecule has 0 aromatic heterocycles. The fraction of sp³-hybridized carbons (Fsp3) is 0.333. The zero-order valence-corrected chi connectivity index (χ0v) is 13.5. The molecule has 0 saturated carbocycles. The zero-order valence-electron chi connectivity index (χ0n) is 12.7. The molecule has 2 atom stereocenters. The van der Waals surface area contributed by atoms with Crippen LogP contribution in [0.2, 0.25) is 5.02 Å². The molecule has 2 unspecified atom stereocenters. The van der Waals surface area contributed by atoms with Crippen LogP contribution in [0, 0.1) is 20.8 Å². The van der Waals surface area contributed by atoms with Crippen molar-refractivity contribution in [2.24, 2.45) is 5.73 Å². The van der Waals surface area contributed by atoms with Crippen LogP contribution in [0.3, 0.4) is 0 Å². The Kier molecular flexibility index (Phi) is 5.04. The Balaban J connectivity index is 2.47. The average Bonchev–Trinajstić information content (AvgIpc) is 2.40. The molecule has 0 spiro atoms. The van der Waals surface area contributed by atoms with E-state index in [9.17, 15) is 5.11 Å². The molecule has 0 saturated heterocycles. The van der Waals surface area contributed by atoms with Gasteiger partial charge in [0.2, 0.25) is 0 Å². The second-order valence-corrected chi connectivity index (χ2v) is 6.03. The number of aryl methyl sites for hydroxylation is 3. The van der Waals surface area contributed by atoms with Crippen LogP contribution in [0.25, 0.3) is 0 Å². The van der Waals surface area contributed by atoms with Crippen molar-refractivity contribution in [3.63, 3.8) is 0 Å². The van der Waals surface area contributed by atoms with Gasteiger partial charge in [-0.1, -0.05) is 47.5 Å². The van der Waals surface area contributed by atoms with E-state index in [0.29, 0.717) is 11.6 Å². The molecule has 0 radical (unpaired) electrons. The molecule has 0 aliphatic rings. The number of hydrogen-bond donors (Lipinski definition) is 2. The number of aliphatic hydroxyl groups excluding tert-OH is 1. The summed E-state index contributed by atoms with van der Waals surface area (Å²) in [5.74, 6) is -0.209. The van der Waals surface area contributed by atoms with E-state index in [1.54, 1.807) is 0 Å². The molecule has 2 aromatic rings. The maximum Gasteiger partial charge on any atom is 0.0876 e. The summed E-state index contributed by atoms with van der Waals surface area (Å²) in [5, 5.41) is 11.5. The lowest BCUT2D eigenvalue weighted by molar-refractivity contribution is 0.146. The van der Waals surface area contributed by atoms with Crippen LogP contribution in [0.4, 0.5) is 0 Å². The van der Waals surface area contributed by atoms with Gasteiger partial charge >= 0.3 is 0 Å². The first-order valence-electron chi connectivity index (χ1n) is 7.16. The average molecular weight is 304 g/mol. The van der Waals surface area contributed by atoms with Crippen molar-refractivity contribution < 1.29 is 5.11 Å². The van der Waals surface area contributed by atoms with E-state index in [0.717, 1.165) is 22.3 Å². The number of halogens is 1. The lowest BCUT2D eigenvalue weighted by Crippen LogP contribution is -2.22. The van der Waals surface area contributed by atoms with E-state index in [1.165, 1.54) is 5.56 Å². The Labute approximate surface area is 131 Å². The van der Waals surface area contributed by atoms with E-state index < -0.39 is 6.10 Å². The molecule has 0 aliphatic heterocycles. The molecular formula is C18H22ClNO. The second kappa shape index (κ2) is 6.61. The Morgan fingerprint density at radius 1 is 1.10 bits per heavy atom. The third-order valence-electron chi connectivity index (χ3n) is 3.97. The molecular weight excluding hydrogens is 282 g/mol. The van der Waals surface area contributed by atoms with Crippen molar-refractivity contribution in [3.05, 3.63) is 69.2 Å². The minimum Gasteiger partial charge on any atom is -0.388 e. The standard InChI is InChI=1S/C18H22ClNO/c1-11-8-12(2)17(13(3)9-11)18(21)15(10-20)14-6-4-5-7-16(14)19/h4-9,15,18,21H,10,20H2,1-3H3. The second-order valence-electron chi connectivity index (χ2n) is 5.62. The Morgan fingerprint density at radius 3 is 2.19 bits per heavy atom. The number of nitrogens with two attached hydrogens (primary N) is 1. The molecule has 0 aliphatic carbocycles. The summed E-state index contributed by atoms with van der Waals surface area (Å²) in [6.07, 6.45) is -0.657. The molecule has 112 valence electrons. The molecule has 3 N–H and O–H groups in total. The molecule has 21 heavy (non-hydrogen) atoms. The molecule has 3 heteroatoms. The van der Waals surface area contributed by atoms with E-state index in [4.69, 9.17) is 17.3 Å². The summed E-state index contributed by atoms with van der Waals surface area (Å²) in [4.78, 5) is 0. The van der Waals surface area contributed by atoms with Gasteiger partial charge in [0, 0.05) is 17.5 Å². The van der Waals surface area contributed by atoms with Gasteiger partial charge in [-0.2, -0.15) is 0 Å². The molecule has 2 rings (SSSR count). The lowest BCUT2D eigenvalue weighted by Gasteiger charge is -2.26. The van der Waals surface area contributed by atoms with Crippen LogP contribution >= 0.6 is 11.6 Å². The predicted octanol–water partition coefficient (Wildman–Crippen LogP) is 4.04. The third kappa shape index (κ3) is 3.29. The SMILES string of the molecule is Cc1cc(C)c(C(O)C(CN)c2ccccc2Cl)c(C)c1. The van der Waals surface area contributed by atoms with Crippen molar-refractivity contribution in [3.8, 4) is 0 Å². The first-order valence-corrected chi connectivity index (χ1v) is 7.53. The number of rotatable bonds is 4. The summed E-state index contributed by atoms with van der Waals surface area (Å²) in [5.41, 5.74) is 11.1. The van der Waals surface area contributed by atoms with Gasteiger partial charge in [0.25, 0.3) is 0 Å². The zero-order chi connectivity index (χ0) is 15.6. The highest BCUT2D eigenvalue weighted by atomic mass is 35.5. The minimum absolute atomic E-state index is 0.209. The fourth-order valence-corrected chi connectivity index (χ4v) is 3.34. The van der Waals surface area contributed by atoms with Gasteiger partial charge in [-0.25, -0.2) is 0 Å². The lowest BCUT2D eigenvalue weighted by atomic mass is 9.85. The van der Waals surface area contributed by atoms with Crippen LogP contribution in [-0.4, -0.2) is 11.7 Å². The van der Waals surface area contributed by atoms with Crippen LogP contribution in [0.1, 0.15) is 39.8 Å². The number of benzene rings is 2. The van der Waals surface area contributed by atoms with E-state index in [2.05, 4.69) is 19.1 Å². The maximum atomic E-state index is 10.9. The monoisotopic (exact) mass is 303 g/mol. The van der Waals surface area contributed by atoms with E-state index >= 15 is 0 Å². The van der Waals surface area contributed by atoms with Crippen LogP contribution in [0.15, 0.2) is 36.4 Å². The first kappa shape index (κ1) is 16.0. The Bertz CT molecular complexity index is 616. The molecule has 0 fully saturated rings. The van der Waals surface area contributed by atoms with Gasteiger partial charge in [0.15, 0.2) is 0 Å². The number of aliphatic hydroxyl groups is 1. The molecule has 2 nitrogen and oxygen atoms in total. The van der Waals surface area contributed by atoms with Crippen LogP contribution in [-0.2, 0) is 0 Å². The van der Waals surface area contributed by atoms with Crippen molar-refractivity contribution in [2.75, 3.05) is 6.54 Å². The molecule has 0 heterocycles. The summed E-state index contributed by atoms with van der Waals surface area (Å²) in [6, 6.07) is 11.8. The Morgan fingerprint density at radius 2 is 1.67 bits per heavy atom. The van der Waals surface area contributed by atoms with Gasteiger partial charge < -0.3 is 10.8 Å². The minimum atomic E-state index is -0.657. The largest absolute Gasteiger partial charge is 0.388 e. The smallest absolute Gasteiger partial charge is 0.0876 e. The highest BCUT2D eigenvalue weighted by Crippen LogP contribution is 2.36. The van der Waals surface area contributed by atoms with Gasteiger partial charge in [0.1, 0.15) is 0 Å². The van der Waals surface area contributed by atoms with Gasteiger partial charge in [-0.05, 0) is 49.1 Å². The van der Waals surface area contributed by atoms with Crippen molar-refractivity contribution in [1.29, 1.82) is 0 Å². The van der Waals surface area contributed by atoms with Crippen molar-refractivity contribution in [2.45, 2.75) is 32.8 Å². The highest BCUT2D eigenvalue weighted by Gasteiger charge is 2.25. The van der Waals surface area contributed by atoms with Crippen molar-refractivity contribution >= 4 is 11.6 Å². The summed E-state index contributed by atoms with van der Waals surface area (Å²) < 4.78 is 0. The van der Waals surface area contributed by atoms with Gasteiger partial charge in [-0.15, -0.1) is 0 Å². The first-order chi connectivity index (χ1) is 9.95. The number of hydrogen-bond acceptors (Lipinski definition) is 2. The normalized spacial score (nSPS) is 14.0. The van der Waals surface area contributed by atoms with Crippen LogP contribution < -0.4 is 5.73 Å². The predicted molar refractivity (Wildman–Crippen MR) is 88.9 cm³/mol. The quantitative estimate of drug-likeness (QED) is 0.895. The molecule has 2 aromatic carbocycles. The van der Waals surface area contributed by atoms with Crippen molar-refractivity contribution in [1.82, 2.24) is 0 Å². The third-order valence-corrected chi connectivity index (χ3v) is 4.32. The topological polar surface area (TPSA) is 46.2 Å². The fourth-order valence-electron chi connectivity index (χ4n) is 3.06. The van der Waals surface area contributed by atoms with Gasteiger partial charge in [0.05, 0.1) is 6.10 Å². The van der Waals surface area contributed by atoms with E-state index in [-0.39, 0.29) is 5.92 Å². The van der Waals surface area contributed by atoms with E-state index in [1.807, 2.05) is 38.1 Å². The van der Waals surface area contributed by atoms with Crippen LogP contribution in [0.5, 0.6) is 0 Å². The summed E-state index contributed by atoms with van der Waals surface area (Å²) in [7, 11) is 0. The molecule has 0 bridgehead atoms. The summed E-state index contributed by atoms with van der Waals surface area (Å²) >= 11 is 6.27.